The summed E-state index contributed by atoms with van der Waals surface area (Å²) in [5.41, 5.74) is 4.25. The lowest BCUT2D eigenvalue weighted by atomic mass is 9.96. The van der Waals surface area contributed by atoms with Gasteiger partial charge in [-0.05, 0) is 36.1 Å². The lowest BCUT2D eigenvalue weighted by Crippen LogP contribution is -2.25. The number of fused-ring (bicyclic) bond motifs is 1. The Morgan fingerprint density at radius 1 is 1.53 bits per heavy atom. The molecule has 2 aliphatic rings. The fraction of sp³-hybridized carbons (Fsp3) is 0.429. The number of carbonyl (C=O) groups is 1. The molecule has 0 amide bonds. The Labute approximate surface area is 111 Å². The van der Waals surface area contributed by atoms with E-state index < -0.39 is 12.1 Å². The van der Waals surface area contributed by atoms with Gasteiger partial charge in [0.25, 0.3) is 0 Å². The number of benzene rings is 1. The molecule has 0 saturated heterocycles. The molecule has 0 bridgehead atoms. The highest BCUT2D eigenvalue weighted by Gasteiger charge is 2.28. The fourth-order valence-electron chi connectivity index (χ4n) is 2.65. The molecule has 1 N–H and O–H groups in total. The van der Waals surface area contributed by atoms with Crippen molar-refractivity contribution in [3.05, 3.63) is 29.3 Å². The maximum atomic E-state index is 10.8. The topological polar surface area (TPSA) is 62.1 Å². The van der Waals surface area contributed by atoms with Crippen molar-refractivity contribution in [2.24, 2.45) is 5.16 Å². The minimum atomic E-state index is -0.962. The van der Waals surface area contributed by atoms with Crippen LogP contribution in [0.15, 0.2) is 23.4 Å². The van der Waals surface area contributed by atoms with Gasteiger partial charge < -0.3 is 14.8 Å². The van der Waals surface area contributed by atoms with Crippen LogP contribution in [0.3, 0.4) is 0 Å². The summed E-state index contributed by atoms with van der Waals surface area (Å²) in [6.07, 6.45) is 1.70. The molecule has 1 aromatic rings. The molecule has 19 heavy (non-hydrogen) atoms. The Morgan fingerprint density at radius 2 is 2.37 bits per heavy atom. The summed E-state index contributed by atoms with van der Waals surface area (Å²) in [5.74, 6) is -0.962. The zero-order valence-electron chi connectivity index (χ0n) is 10.8. The fourth-order valence-corrected chi connectivity index (χ4v) is 2.65. The van der Waals surface area contributed by atoms with E-state index in [0.717, 1.165) is 30.7 Å². The lowest BCUT2D eigenvalue weighted by molar-refractivity contribution is -0.148. The summed E-state index contributed by atoms with van der Waals surface area (Å²) in [4.78, 5) is 18.0. The van der Waals surface area contributed by atoms with Crippen LogP contribution in [0, 0.1) is 0 Å². The number of rotatable bonds is 2. The quantitative estimate of drug-likeness (QED) is 0.878. The standard InChI is InChI=1S/C14H16N2O3/c1-16-6-2-3-10-7-9(4-5-12(10)16)11-8-13(14(17)18)19-15-11/h4-5,7,13H,2-3,6,8H2,1H3,(H,17,18). The zero-order valence-corrected chi connectivity index (χ0v) is 10.8. The first-order chi connectivity index (χ1) is 9.15. The van der Waals surface area contributed by atoms with Gasteiger partial charge in [0.2, 0.25) is 6.10 Å². The molecule has 1 unspecified atom stereocenters. The van der Waals surface area contributed by atoms with Crippen molar-refractivity contribution < 1.29 is 14.7 Å². The number of aryl methyl sites for hydroxylation is 1. The van der Waals surface area contributed by atoms with Crippen LogP contribution in [0.25, 0.3) is 0 Å². The van der Waals surface area contributed by atoms with Crippen molar-refractivity contribution in [2.75, 3.05) is 18.5 Å². The Bertz CT molecular complexity index is 554. The second-order valence-electron chi connectivity index (χ2n) is 5.04. The van der Waals surface area contributed by atoms with E-state index in [9.17, 15) is 4.79 Å². The first-order valence-electron chi connectivity index (χ1n) is 6.45. The minimum absolute atomic E-state index is 0.337. The second-order valence-corrected chi connectivity index (χ2v) is 5.04. The van der Waals surface area contributed by atoms with Gasteiger partial charge in [-0.3, -0.25) is 0 Å². The molecule has 0 aliphatic carbocycles. The summed E-state index contributed by atoms with van der Waals surface area (Å²) < 4.78 is 0. The van der Waals surface area contributed by atoms with Crippen LogP contribution in [0.2, 0.25) is 0 Å². The summed E-state index contributed by atoms with van der Waals surface area (Å²) in [7, 11) is 2.09. The molecular weight excluding hydrogens is 244 g/mol. The van der Waals surface area contributed by atoms with E-state index in [1.165, 1.54) is 11.3 Å². The summed E-state index contributed by atoms with van der Waals surface area (Å²) in [6, 6.07) is 6.19. The van der Waals surface area contributed by atoms with E-state index in [1.54, 1.807) is 0 Å². The van der Waals surface area contributed by atoms with Gasteiger partial charge in [-0.25, -0.2) is 4.79 Å². The molecule has 1 atom stereocenters. The van der Waals surface area contributed by atoms with Crippen molar-refractivity contribution >= 4 is 17.4 Å². The van der Waals surface area contributed by atoms with Crippen LogP contribution in [0.4, 0.5) is 5.69 Å². The van der Waals surface area contributed by atoms with Crippen molar-refractivity contribution in [1.29, 1.82) is 0 Å². The molecule has 3 rings (SSSR count). The maximum Gasteiger partial charge on any atom is 0.348 e. The van der Waals surface area contributed by atoms with Crippen molar-refractivity contribution in [2.45, 2.75) is 25.4 Å². The van der Waals surface area contributed by atoms with Crippen molar-refractivity contribution in [3.8, 4) is 0 Å². The molecule has 0 fully saturated rings. The van der Waals surface area contributed by atoms with Gasteiger partial charge in [0.15, 0.2) is 0 Å². The molecule has 1 aromatic carbocycles. The molecule has 5 nitrogen and oxygen atoms in total. The Balaban J connectivity index is 1.85. The smallest absolute Gasteiger partial charge is 0.348 e. The Hall–Kier alpha value is -2.04. The van der Waals surface area contributed by atoms with E-state index >= 15 is 0 Å². The van der Waals surface area contributed by atoms with Crippen LogP contribution in [0.5, 0.6) is 0 Å². The van der Waals surface area contributed by atoms with Gasteiger partial charge in [-0.1, -0.05) is 11.2 Å². The average molecular weight is 260 g/mol. The molecule has 0 saturated carbocycles. The number of hydrogen-bond donors (Lipinski definition) is 1. The monoisotopic (exact) mass is 260 g/mol. The molecule has 5 heteroatoms. The normalized spacial score (nSPS) is 21.6. The van der Waals surface area contributed by atoms with Crippen LogP contribution < -0.4 is 4.90 Å². The number of nitrogens with zero attached hydrogens (tertiary/aromatic N) is 2. The molecule has 2 heterocycles. The van der Waals surface area contributed by atoms with Gasteiger partial charge in [0.05, 0.1) is 5.71 Å². The van der Waals surface area contributed by atoms with Gasteiger partial charge >= 0.3 is 5.97 Å². The summed E-state index contributed by atoms with van der Waals surface area (Å²) in [6.45, 7) is 1.08. The number of carboxylic acid groups (broad SMARTS) is 1. The highest BCUT2D eigenvalue weighted by molar-refractivity contribution is 6.03. The third kappa shape index (κ3) is 2.16. The van der Waals surface area contributed by atoms with Crippen LogP contribution in [0.1, 0.15) is 24.0 Å². The van der Waals surface area contributed by atoms with Gasteiger partial charge in [0, 0.05) is 25.7 Å². The zero-order chi connectivity index (χ0) is 13.4. The van der Waals surface area contributed by atoms with E-state index in [2.05, 4.69) is 29.2 Å². The highest BCUT2D eigenvalue weighted by Crippen LogP contribution is 2.28. The second kappa shape index (κ2) is 4.57. The first-order valence-corrected chi connectivity index (χ1v) is 6.45. The number of anilines is 1. The average Bonchev–Trinajstić information content (AvgIpc) is 2.88. The predicted molar refractivity (Wildman–Crippen MR) is 71.7 cm³/mol. The summed E-state index contributed by atoms with van der Waals surface area (Å²) in [5, 5.41) is 12.8. The Kier molecular flexibility index (Phi) is 2.89. The van der Waals surface area contributed by atoms with Gasteiger partial charge in [-0.15, -0.1) is 0 Å². The predicted octanol–water partition coefficient (Wildman–Crippen LogP) is 1.65. The van der Waals surface area contributed by atoms with Crippen LogP contribution >= 0.6 is 0 Å². The number of oxime groups is 1. The number of carboxylic acids is 1. The van der Waals surface area contributed by atoms with Gasteiger partial charge in [-0.2, -0.15) is 0 Å². The van der Waals surface area contributed by atoms with E-state index in [1.807, 2.05) is 6.07 Å². The van der Waals surface area contributed by atoms with Gasteiger partial charge in [0.1, 0.15) is 0 Å². The first kappa shape index (κ1) is 12.0. The Morgan fingerprint density at radius 3 is 3.11 bits per heavy atom. The van der Waals surface area contributed by atoms with Crippen LogP contribution in [-0.4, -0.2) is 36.5 Å². The SMILES string of the molecule is CN1CCCc2cc(C3=NOC(C(=O)O)C3)ccc21. The number of hydrogen-bond acceptors (Lipinski definition) is 4. The lowest BCUT2D eigenvalue weighted by Gasteiger charge is -2.27. The van der Waals surface area contributed by atoms with E-state index in [-0.39, 0.29) is 0 Å². The maximum absolute atomic E-state index is 10.8. The molecular formula is C14H16N2O3. The molecule has 0 spiro atoms. The van der Waals surface area contributed by atoms with E-state index in [0.29, 0.717) is 6.42 Å². The summed E-state index contributed by atoms with van der Waals surface area (Å²) >= 11 is 0. The van der Waals surface area contributed by atoms with Crippen molar-refractivity contribution in [1.82, 2.24) is 0 Å². The largest absolute Gasteiger partial charge is 0.478 e. The van der Waals surface area contributed by atoms with E-state index in [4.69, 9.17) is 9.94 Å². The van der Waals surface area contributed by atoms with Crippen molar-refractivity contribution in [3.63, 3.8) is 0 Å². The van der Waals surface area contributed by atoms with Crippen LogP contribution in [-0.2, 0) is 16.1 Å². The minimum Gasteiger partial charge on any atom is -0.478 e. The third-order valence-electron chi connectivity index (χ3n) is 3.71. The molecule has 0 aromatic heterocycles. The number of aliphatic carboxylic acids is 1. The molecule has 0 radical (unpaired) electrons. The molecule has 100 valence electrons. The molecule has 2 aliphatic heterocycles. The third-order valence-corrected chi connectivity index (χ3v) is 3.71. The highest BCUT2D eigenvalue weighted by atomic mass is 16.7.